The van der Waals surface area contributed by atoms with Gasteiger partial charge in [-0.25, -0.2) is 4.98 Å². The summed E-state index contributed by atoms with van der Waals surface area (Å²) in [6.07, 6.45) is 1.57. The quantitative estimate of drug-likeness (QED) is 0.772. The average molecular weight is 232 g/mol. The summed E-state index contributed by atoms with van der Waals surface area (Å²) in [5.74, 6) is -0.000377. The molecule has 0 N–H and O–H groups in total. The van der Waals surface area contributed by atoms with E-state index in [9.17, 15) is 4.79 Å². The summed E-state index contributed by atoms with van der Waals surface area (Å²) in [6.45, 7) is 2.85. The number of pyridine rings is 1. The van der Waals surface area contributed by atoms with Gasteiger partial charge in [0, 0.05) is 26.8 Å². The number of likely N-dealkylation sites (N-methyl/N-ethyl adjacent to an activating group) is 2. The van der Waals surface area contributed by atoms with Gasteiger partial charge in [0.15, 0.2) is 5.69 Å². The van der Waals surface area contributed by atoms with Crippen LogP contribution in [-0.4, -0.2) is 43.0 Å². The first-order valence-corrected chi connectivity index (χ1v) is 5.40. The van der Waals surface area contributed by atoms with E-state index in [1.807, 2.05) is 17.9 Å². The second-order valence-corrected chi connectivity index (χ2v) is 3.79. The van der Waals surface area contributed by atoms with Gasteiger partial charge in [-0.1, -0.05) is 0 Å². The second kappa shape index (κ2) is 5.85. The molecule has 1 amide bonds. The highest BCUT2D eigenvalue weighted by atomic mass is 16.2. The van der Waals surface area contributed by atoms with E-state index in [0.29, 0.717) is 17.9 Å². The molecule has 0 atom stereocenters. The number of carbonyl (C=O) groups excluding carboxylic acids is 1. The molecule has 0 saturated heterocycles. The molecule has 0 saturated carbocycles. The van der Waals surface area contributed by atoms with E-state index in [1.165, 1.54) is 4.90 Å². The Morgan fingerprint density at radius 1 is 1.53 bits per heavy atom. The van der Waals surface area contributed by atoms with Crippen molar-refractivity contribution in [2.75, 3.05) is 32.1 Å². The van der Waals surface area contributed by atoms with Crippen molar-refractivity contribution in [1.82, 2.24) is 9.88 Å². The lowest BCUT2D eigenvalue weighted by Gasteiger charge is -2.24. The Morgan fingerprint density at radius 2 is 2.24 bits per heavy atom. The first-order valence-electron chi connectivity index (χ1n) is 5.40. The molecular weight excluding hydrogens is 216 g/mol. The smallest absolute Gasteiger partial charge is 0.241 e. The van der Waals surface area contributed by atoms with Crippen LogP contribution < -0.4 is 4.90 Å². The van der Waals surface area contributed by atoms with Gasteiger partial charge in [0.25, 0.3) is 0 Å². The number of hydrogen-bond donors (Lipinski definition) is 0. The van der Waals surface area contributed by atoms with Gasteiger partial charge in [-0.15, -0.1) is 0 Å². The Hall–Kier alpha value is -2.09. The Bertz CT molecular complexity index is 436. The molecule has 0 bridgehead atoms. The highest BCUT2D eigenvalue weighted by Gasteiger charge is 2.14. The lowest BCUT2D eigenvalue weighted by atomic mass is 10.2. The maximum absolute atomic E-state index is 11.7. The number of carbonyl (C=O) groups is 1. The topological polar surface area (TPSA) is 60.2 Å². The second-order valence-electron chi connectivity index (χ2n) is 3.79. The highest BCUT2D eigenvalue weighted by molar-refractivity contribution is 5.81. The fourth-order valence-electron chi connectivity index (χ4n) is 1.41. The molecular formula is C12H16N4O. The van der Waals surface area contributed by atoms with Crippen molar-refractivity contribution >= 4 is 11.6 Å². The van der Waals surface area contributed by atoms with Gasteiger partial charge in [0.05, 0.1) is 12.2 Å². The molecule has 0 aliphatic carbocycles. The minimum absolute atomic E-state index is 0.000377. The standard InChI is InChI=1S/C12H16N4O/c1-4-16(9-12(17)15(2)3)11-6-5-7-14-10(11)8-13/h5-7H,4,9H2,1-3H3. The number of rotatable bonds is 4. The summed E-state index contributed by atoms with van der Waals surface area (Å²) >= 11 is 0. The van der Waals surface area contributed by atoms with Crippen molar-refractivity contribution in [3.63, 3.8) is 0 Å². The average Bonchev–Trinajstić information content (AvgIpc) is 2.35. The predicted octanol–water partition coefficient (Wildman–Crippen LogP) is 0.868. The van der Waals surface area contributed by atoms with E-state index in [2.05, 4.69) is 4.98 Å². The van der Waals surface area contributed by atoms with Gasteiger partial charge < -0.3 is 9.80 Å². The zero-order valence-corrected chi connectivity index (χ0v) is 10.3. The molecule has 0 spiro atoms. The van der Waals surface area contributed by atoms with Gasteiger partial charge >= 0.3 is 0 Å². The number of aromatic nitrogens is 1. The summed E-state index contributed by atoms with van der Waals surface area (Å²) in [4.78, 5) is 19.0. The number of hydrogen-bond acceptors (Lipinski definition) is 4. The van der Waals surface area contributed by atoms with Gasteiger partial charge in [-0.3, -0.25) is 4.79 Å². The van der Waals surface area contributed by atoms with Crippen LogP contribution in [0.1, 0.15) is 12.6 Å². The molecule has 0 radical (unpaired) electrons. The van der Waals surface area contributed by atoms with Crippen molar-refractivity contribution in [2.45, 2.75) is 6.92 Å². The summed E-state index contributed by atoms with van der Waals surface area (Å²) in [6, 6.07) is 5.60. The molecule has 0 aromatic carbocycles. The number of nitriles is 1. The van der Waals surface area contributed by atoms with Crippen LogP contribution in [0.15, 0.2) is 18.3 Å². The molecule has 1 rings (SSSR count). The molecule has 5 nitrogen and oxygen atoms in total. The van der Waals surface area contributed by atoms with E-state index in [0.717, 1.165) is 0 Å². The van der Waals surface area contributed by atoms with E-state index in [-0.39, 0.29) is 12.5 Å². The summed E-state index contributed by atoms with van der Waals surface area (Å²) in [5.41, 5.74) is 1.05. The molecule has 90 valence electrons. The Labute approximate surface area is 101 Å². The Kier molecular flexibility index (Phi) is 4.46. The minimum Gasteiger partial charge on any atom is -0.360 e. The molecule has 1 aromatic heterocycles. The normalized spacial score (nSPS) is 9.53. The molecule has 1 aromatic rings. The number of anilines is 1. The molecule has 0 aliphatic rings. The van der Waals surface area contributed by atoms with Crippen molar-refractivity contribution in [3.05, 3.63) is 24.0 Å². The van der Waals surface area contributed by atoms with E-state index in [1.54, 1.807) is 32.4 Å². The third-order valence-corrected chi connectivity index (χ3v) is 2.44. The van der Waals surface area contributed by atoms with Crippen LogP contribution in [0, 0.1) is 11.3 Å². The Morgan fingerprint density at radius 3 is 2.76 bits per heavy atom. The number of nitrogens with zero attached hydrogens (tertiary/aromatic N) is 4. The zero-order chi connectivity index (χ0) is 12.8. The highest BCUT2D eigenvalue weighted by Crippen LogP contribution is 2.16. The SMILES string of the molecule is CCN(CC(=O)N(C)C)c1cccnc1C#N. The van der Waals surface area contributed by atoms with Crippen molar-refractivity contribution in [1.29, 1.82) is 5.26 Å². The lowest BCUT2D eigenvalue weighted by Crippen LogP contribution is -2.37. The van der Waals surface area contributed by atoms with Crippen molar-refractivity contribution in [3.8, 4) is 6.07 Å². The van der Waals surface area contributed by atoms with E-state index < -0.39 is 0 Å². The maximum Gasteiger partial charge on any atom is 0.241 e. The summed E-state index contributed by atoms with van der Waals surface area (Å²) < 4.78 is 0. The first-order chi connectivity index (χ1) is 8.10. The largest absolute Gasteiger partial charge is 0.360 e. The molecule has 5 heteroatoms. The fourth-order valence-corrected chi connectivity index (χ4v) is 1.41. The van der Waals surface area contributed by atoms with Gasteiger partial charge in [0.2, 0.25) is 5.91 Å². The molecule has 1 heterocycles. The molecule has 0 aliphatic heterocycles. The van der Waals surface area contributed by atoms with Crippen LogP contribution >= 0.6 is 0 Å². The monoisotopic (exact) mass is 232 g/mol. The molecule has 17 heavy (non-hydrogen) atoms. The van der Waals surface area contributed by atoms with Crippen LogP contribution in [0.3, 0.4) is 0 Å². The Balaban J connectivity index is 2.95. The zero-order valence-electron chi connectivity index (χ0n) is 10.3. The first kappa shape index (κ1) is 13.0. The van der Waals surface area contributed by atoms with Gasteiger partial charge in [-0.2, -0.15) is 5.26 Å². The van der Waals surface area contributed by atoms with Crippen molar-refractivity contribution < 1.29 is 4.79 Å². The van der Waals surface area contributed by atoms with Crippen LogP contribution in [0.25, 0.3) is 0 Å². The van der Waals surface area contributed by atoms with Crippen LogP contribution in [0.4, 0.5) is 5.69 Å². The van der Waals surface area contributed by atoms with Gasteiger partial charge in [-0.05, 0) is 19.1 Å². The summed E-state index contributed by atoms with van der Waals surface area (Å²) in [5, 5.41) is 8.97. The third kappa shape index (κ3) is 3.18. The third-order valence-electron chi connectivity index (χ3n) is 2.44. The minimum atomic E-state index is -0.000377. The summed E-state index contributed by atoms with van der Waals surface area (Å²) in [7, 11) is 3.43. The number of amides is 1. The molecule has 0 fully saturated rings. The van der Waals surface area contributed by atoms with Gasteiger partial charge in [0.1, 0.15) is 6.07 Å². The van der Waals surface area contributed by atoms with Crippen molar-refractivity contribution in [2.24, 2.45) is 0 Å². The predicted molar refractivity (Wildman–Crippen MR) is 65.5 cm³/mol. The molecule has 0 unspecified atom stereocenters. The van der Waals surface area contributed by atoms with E-state index >= 15 is 0 Å². The van der Waals surface area contributed by atoms with Crippen LogP contribution in [-0.2, 0) is 4.79 Å². The lowest BCUT2D eigenvalue weighted by molar-refractivity contribution is -0.127. The fraction of sp³-hybridized carbons (Fsp3) is 0.417. The van der Waals surface area contributed by atoms with Crippen LogP contribution in [0.2, 0.25) is 0 Å². The maximum atomic E-state index is 11.7. The van der Waals surface area contributed by atoms with E-state index in [4.69, 9.17) is 5.26 Å². The van der Waals surface area contributed by atoms with Crippen LogP contribution in [0.5, 0.6) is 0 Å².